The first-order chi connectivity index (χ1) is 10.8. The smallest absolute Gasteiger partial charge is 0.229 e. The lowest BCUT2D eigenvalue weighted by atomic mass is 10.2. The summed E-state index contributed by atoms with van der Waals surface area (Å²) < 4.78 is 24.0. The van der Waals surface area contributed by atoms with Crippen LogP contribution in [0.5, 0.6) is 0 Å². The fraction of sp³-hybridized carbons (Fsp3) is 0.286. The molecule has 0 spiro atoms. The number of nitrogens with one attached hydrogen (secondary N) is 1. The molecule has 0 amide bonds. The summed E-state index contributed by atoms with van der Waals surface area (Å²) >= 11 is 0. The average molecular weight is 303 g/mol. The standard InChI is InChI=1S/C14H14FN5O2/c1-21-6-5-12-19-11(20-22-12)7-16-14-13-9(15)3-2-4-10(13)17-8-18-14/h2-4,8H,5-7H2,1H3,(H,16,17,18). The first-order valence-corrected chi connectivity index (χ1v) is 6.71. The molecule has 0 aliphatic heterocycles. The van der Waals surface area contributed by atoms with Crippen LogP contribution in [0.25, 0.3) is 10.9 Å². The molecule has 0 saturated carbocycles. The molecule has 1 N–H and O–H groups in total. The first-order valence-electron chi connectivity index (χ1n) is 6.71. The van der Waals surface area contributed by atoms with E-state index < -0.39 is 0 Å². The SMILES string of the molecule is COCCc1nc(CNc2ncnc3cccc(F)c23)no1. The van der Waals surface area contributed by atoms with Gasteiger partial charge in [-0.15, -0.1) is 0 Å². The molecule has 0 atom stereocenters. The maximum absolute atomic E-state index is 13.9. The van der Waals surface area contributed by atoms with Gasteiger partial charge in [0.1, 0.15) is 18.0 Å². The van der Waals surface area contributed by atoms with Crippen molar-refractivity contribution in [2.45, 2.75) is 13.0 Å². The van der Waals surface area contributed by atoms with Gasteiger partial charge in [0.15, 0.2) is 5.82 Å². The normalized spacial score (nSPS) is 11.0. The Morgan fingerprint density at radius 3 is 3.09 bits per heavy atom. The Morgan fingerprint density at radius 2 is 2.23 bits per heavy atom. The van der Waals surface area contributed by atoms with E-state index >= 15 is 0 Å². The second-order valence-corrected chi connectivity index (χ2v) is 4.56. The Morgan fingerprint density at radius 1 is 1.32 bits per heavy atom. The van der Waals surface area contributed by atoms with E-state index in [1.54, 1.807) is 19.2 Å². The Hall–Kier alpha value is -2.61. The molecule has 0 fully saturated rings. The van der Waals surface area contributed by atoms with Gasteiger partial charge in [0, 0.05) is 7.11 Å². The molecule has 0 radical (unpaired) electrons. The summed E-state index contributed by atoms with van der Waals surface area (Å²) in [6, 6.07) is 4.70. The van der Waals surface area contributed by atoms with E-state index in [1.165, 1.54) is 12.4 Å². The second kappa shape index (κ2) is 6.44. The Balaban J connectivity index is 1.75. The number of methoxy groups -OCH3 is 1. The molecule has 3 rings (SSSR count). The number of nitrogens with zero attached hydrogens (tertiary/aromatic N) is 4. The lowest BCUT2D eigenvalue weighted by Gasteiger charge is -2.06. The predicted molar refractivity (Wildman–Crippen MR) is 76.7 cm³/mol. The minimum absolute atomic E-state index is 0.275. The zero-order valence-corrected chi connectivity index (χ0v) is 11.9. The minimum Gasteiger partial charge on any atom is -0.384 e. The minimum atomic E-state index is -0.380. The van der Waals surface area contributed by atoms with Crippen LogP contribution >= 0.6 is 0 Å². The molecule has 0 unspecified atom stereocenters. The molecule has 114 valence electrons. The van der Waals surface area contributed by atoms with Gasteiger partial charge in [-0.25, -0.2) is 14.4 Å². The van der Waals surface area contributed by atoms with E-state index in [2.05, 4.69) is 25.4 Å². The number of fused-ring (bicyclic) bond motifs is 1. The topological polar surface area (TPSA) is 86.0 Å². The number of anilines is 1. The van der Waals surface area contributed by atoms with Gasteiger partial charge >= 0.3 is 0 Å². The van der Waals surface area contributed by atoms with Crippen molar-refractivity contribution in [3.05, 3.63) is 42.1 Å². The number of aromatic nitrogens is 4. The third kappa shape index (κ3) is 3.01. The summed E-state index contributed by atoms with van der Waals surface area (Å²) in [5, 5.41) is 7.19. The van der Waals surface area contributed by atoms with Gasteiger partial charge in [-0.05, 0) is 12.1 Å². The number of halogens is 1. The Bertz CT molecular complexity index is 772. The number of benzene rings is 1. The van der Waals surface area contributed by atoms with Crippen molar-refractivity contribution in [3.63, 3.8) is 0 Å². The number of rotatable bonds is 6. The third-order valence-electron chi connectivity index (χ3n) is 3.06. The van der Waals surface area contributed by atoms with Crippen molar-refractivity contribution < 1.29 is 13.7 Å². The summed E-state index contributed by atoms with van der Waals surface area (Å²) in [6.07, 6.45) is 1.93. The van der Waals surface area contributed by atoms with Gasteiger partial charge < -0.3 is 14.6 Å². The number of hydrogen-bond acceptors (Lipinski definition) is 7. The third-order valence-corrected chi connectivity index (χ3v) is 3.06. The molecule has 2 aromatic heterocycles. The lowest BCUT2D eigenvalue weighted by Crippen LogP contribution is -2.05. The van der Waals surface area contributed by atoms with Crippen LogP contribution < -0.4 is 5.32 Å². The van der Waals surface area contributed by atoms with Crippen molar-refractivity contribution in [2.75, 3.05) is 19.0 Å². The molecular formula is C14H14FN5O2. The van der Waals surface area contributed by atoms with Crippen LogP contribution in [-0.4, -0.2) is 33.8 Å². The highest BCUT2D eigenvalue weighted by atomic mass is 19.1. The van der Waals surface area contributed by atoms with Gasteiger partial charge in [0.2, 0.25) is 5.89 Å². The number of hydrogen-bond donors (Lipinski definition) is 1. The van der Waals surface area contributed by atoms with Crippen LogP contribution in [0, 0.1) is 5.82 Å². The van der Waals surface area contributed by atoms with Crippen LogP contribution in [0.2, 0.25) is 0 Å². The van der Waals surface area contributed by atoms with Crippen molar-refractivity contribution in [1.29, 1.82) is 0 Å². The molecule has 0 aliphatic carbocycles. The van der Waals surface area contributed by atoms with Gasteiger partial charge in [-0.1, -0.05) is 11.2 Å². The van der Waals surface area contributed by atoms with Gasteiger partial charge in [-0.3, -0.25) is 0 Å². The molecule has 22 heavy (non-hydrogen) atoms. The molecule has 0 saturated heterocycles. The van der Waals surface area contributed by atoms with Crippen LogP contribution in [0.3, 0.4) is 0 Å². The van der Waals surface area contributed by atoms with Crippen molar-refractivity contribution in [3.8, 4) is 0 Å². The fourth-order valence-corrected chi connectivity index (χ4v) is 2.02. The molecule has 7 nitrogen and oxygen atoms in total. The van der Waals surface area contributed by atoms with E-state index in [0.717, 1.165) is 0 Å². The molecule has 3 aromatic rings. The fourth-order valence-electron chi connectivity index (χ4n) is 2.02. The summed E-state index contributed by atoms with van der Waals surface area (Å²) in [6.45, 7) is 0.785. The highest BCUT2D eigenvalue weighted by Crippen LogP contribution is 2.22. The maximum atomic E-state index is 13.9. The average Bonchev–Trinajstić information content (AvgIpc) is 2.99. The van der Waals surface area contributed by atoms with Crippen LogP contribution in [0.15, 0.2) is 29.0 Å². The molecule has 0 bridgehead atoms. The largest absolute Gasteiger partial charge is 0.384 e. The zero-order chi connectivity index (χ0) is 15.4. The Labute approximate surface area is 125 Å². The lowest BCUT2D eigenvalue weighted by molar-refractivity contribution is 0.192. The molecular weight excluding hydrogens is 289 g/mol. The first kappa shape index (κ1) is 14.3. The summed E-state index contributed by atoms with van der Waals surface area (Å²) in [5.74, 6) is 0.979. The summed E-state index contributed by atoms with van der Waals surface area (Å²) in [4.78, 5) is 12.3. The van der Waals surface area contributed by atoms with Crippen molar-refractivity contribution in [2.24, 2.45) is 0 Å². The van der Waals surface area contributed by atoms with E-state index in [1.807, 2.05) is 0 Å². The van der Waals surface area contributed by atoms with Crippen molar-refractivity contribution >= 4 is 16.7 Å². The Kier molecular flexibility index (Phi) is 4.19. The predicted octanol–water partition coefficient (Wildman–Crippen LogP) is 1.95. The summed E-state index contributed by atoms with van der Waals surface area (Å²) in [7, 11) is 1.60. The van der Waals surface area contributed by atoms with E-state index in [0.29, 0.717) is 41.5 Å². The van der Waals surface area contributed by atoms with Gasteiger partial charge in [0.05, 0.1) is 30.5 Å². The molecule has 2 heterocycles. The quantitative estimate of drug-likeness (QED) is 0.744. The van der Waals surface area contributed by atoms with Gasteiger partial charge in [0.25, 0.3) is 0 Å². The van der Waals surface area contributed by atoms with E-state index in [4.69, 9.17) is 9.26 Å². The van der Waals surface area contributed by atoms with Crippen LogP contribution in [0.1, 0.15) is 11.7 Å². The summed E-state index contributed by atoms with van der Waals surface area (Å²) in [5.41, 5.74) is 0.534. The van der Waals surface area contributed by atoms with Crippen LogP contribution in [-0.2, 0) is 17.7 Å². The zero-order valence-electron chi connectivity index (χ0n) is 11.9. The van der Waals surface area contributed by atoms with Crippen molar-refractivity contribution in [1.82, 2.24) is 20.1 Å². The maximum Gasteiger partial charge on any atom is 0.229 e. The van der Waals surface area contributed by atoms with E-state index in [9.17, 15) is 4.39 Å². The molecule has 8 heteroatoms. The number of ether oxygens (including phenoxy) is 1. The van der Waals surface area contributed by atoms with Gasteiger partial charge in [-0.2, -0.15) is 4.98 Å². The van der Waals surface area contributed by atoms with Crippen LogP contribution in [0.4, 0.5) is 10.2 Å². The highest BCUT2D eigenvalue weighted by Gasteiger charge is 2.10. The molecule has 1 aromatic carbocycles. The monoisotopic (exact) mass is 303 g/mol. The van der Waals surface area contributed by atoms with E-state index in [-0.39, 0.29) is 12.4 Å². The molecule has 0 aliphatic rings. The highest BCUT2D eigenvalue weighted by molar-refractivity contribution is 5.89. The second-order valence-electron chi connectivity index (χ2n) is 4.56.